The van der Waals surface area contributed by atoms with E-state index in [2.05, 4.69) is 61.1 Å². The van der Waals surface area contributed by atoms with Crippen LogP contribution in [-0.4, -0.2) is 80.3 Å². The lowest BCUT2D eigenvalue weighted by molar-refractivity contribution is 0.0135. The Morgan fingerprint density at radius 2 is 1.80 bits per heavy atom. The van der Waals surface area contributed by atoms with Crippen LogP contribution in [0.25, 0.3) is 0 Å². The number of ether oxygens (including phenoxy) is 1. The minimum atomic E-state index is 0. The van der Waals surface area contributed by atoms with Crippen LogP contribution in [0.3, 0.4) is 0 Å². The minimum Gasteiger partial charge on any atom is -0.465 e. The van der Waals surface area contributed by atoms with E-state index in [1.165, 1.54) is 0 Å². The standard InChI is InChI=1S/C22H41N5O2.HI/c1-7-23-22(24-10-11-27(17(2)3)18(4)5)25-16-20(21-9-8-19(6)29-21)26-12-14-28-15-13-26;/h8-9,17-18,20H,7,10-16H2,1-6H3,(H2,23,24,25);1H. The van der Waals surface area contributed by atoms with Crippen molar-refractivity contribution in [2.45, 2.75) is 59.7 Å². The van der Waals surface area contributed by atoms with Crippen LogP contribution in [0.1, 0.15) is 52.2 Å². The van der Waals surface area contributed by atoms with Gasteiger partial charge in [-0.1, -0.05) is 0 Å². The van der Waals surface area contributed by atoms with Gasteiger partial charge in [-0.25, -0.2) is 0 Å². The summed E-state index contributed by atoms with van der Waals surface area (Å²) in [4.78, 5) is 9.79. The fraction of sp³-hybridized carbons (Fsp3) is 0.773. The molecule has 174 valence electrons. The molecule has 1 saturated heterocycles. The number of guanidine groups is 1. The lowest BCUT2D eigenvalue weighted by Crippen LogP contribution is -2.45. The van der Waals surface area contributed by atoms with Gasteiger partial charge in [0, 0.05) is 44.8 Å². The highest BCUT2D eigenvalue weighted by Crippen LogP contribution is 2.24. The van der Waals surface area contributed by atoms with Gasteiger partial charge in [0.1, 0.15) is 11.5 Å². The van der Waals surface area contributed by atoms with Gasteiger partial charge < -0.3 is 19.8 Å². The van der Waals surface area contributed by atoms with Crippen LogP contribution in [0.15, 0.2) is 21.5 Å². The van der Waals surface area contributed by atoms with Crippen LogP contribution < -0.4 is 10.6 Å². The van der Waals surface area contributed by atoms with E-state index in [1.807, 2.05) is 13.0 Å². The third kappa shape index (κ3) is 8.72. The quantitative estimate of drug-likeness (QED) is 0.273. The van der Waals surface area contributed by atoms with E-state index in [1.54, 1.807) is 0 Å². The Bertz CT molecular complexity index is 606. The third-order valence-corrected chi connectivity index (χ3v) is 5.33. The number of nitrogens with one attached hydrogen (secondary N) is 2. The predicted octanol–water partition coefficient (Wildman–Crippen LogP) is 3.25. The number of aryl methyl sites for hydroxylation is 1. The number of halogens is 1. The molecule has 2 heterocycles. The average Bonchev–Trinajstić information content (AvgIpc) is 3.11. The van der Waals surface area contributed by atoms with Crippen LogP contribution in [0.5, 0.6) is 0 Å². The van der Waals surface area contributed by atoms with Crippen molar-refractivity contribution in [3.63, 3.8) is 0 Å². The zero-order chi connectivity index (χ0) is 21.2. The number of morpholine rings is 1. The molecule has 1 unspecified atom stereocenters. The topological polar surface area (TPSA) is 65.3 Å². The Hall–Kier alpha value is -0.840. The van der Waals surface area contributed by atoms with E-state index in [-0.39, 0.29) is 30.0 Å². The number of hydrogen-bond donors (Lipinski definition) is 2. The molecular formula is C22H42IN5O2. The molecule has 1 atom stereocenters. The molecule has 2 N–H and O–H groups in total. The smallest absolute Gasteiger partial charge is 0.191 e. The van der Waals surface area contributed by atoms with Gasteiger partial charge in [0.2, 0.25) is 0 Å². The van der Waals surface area contributed by atoms with Crippen LogP contribution in [-0.2, 0) is 4.74 Å². The van der Waals surface area contributed by atoms with Gasteiger partial charge in [0.15, 0.2) is 5.96 Å². The molecule has 0 saturated carbocycles. The van der Waals surface area contributed by atoms with Gasteiger partial charge in [0.05, 0.1) is 25.8 Å². The van der Waals surface area contributed by atoms with Crippen LogP contribution in [0.2, 0.25) is 0 Å². The molecule has 0 amide bonds. The second-order valence-corrected chi connectivity index (χ2v) is 8.18. The van der Waals surface area contributed by atoms with Gasteiger partial charge in [-0.15, -0.1) is 24.0 Å². The number of nitrogens with zero attached hydrogens (tertiary/aromatic N) is 3. The second-order valence-electron chi connectivity index (χ2n) is 8.18. The maximum atomic E-state index is 5.96. The summed E-state index contributed by atoms with van der Waals surface area (Å²) >= 11 is 0. The summed E-state index contributed by atoms with van der Waals surface area (Å²) in [6.07, 6.45) is 0. The summed E-state index contributed by atoms with van der Waals surface area (Å²) in [5, 5.41) is 6.88. The van der Waals surface area contributed by atoms with Gasteiger partial charge in [-0.2, -0.15) is 0 Å². The number of aliphatic imine (C=N–C) groups is 1. The first-order valence-corrected chi connectivity index (χ1v) is 11.1. The summed E-state index contributed by atoms with van der Waals surface area (Å²) < 4.78 is 11.5. The Kier molecular flexibility index (Phi) is 12.9. The van der Waals surface area contributed by atoms with Crippen molar-refractivity contribution in [1.82, 2.24) is 20.4 Å². The molecule has 0 spiro atoms. The van der Waals surface area contributed by atoms with Crippen molar-refractivity contribution < 1.29 is 9.15 Å². The molecule has 1 aromatic rings. The predicted molar refractivity (Wildman–Crippen MR) is 135 cm³/mol. The lowest BCUT2D eigenvalue weighted by atomic mass is 10.1. The Morgan fingerprint density at radius 3 is 2.33 bits per heavy atom. The van der Waals surface area contributed by atoms with Gasteiger partial charge in [-0.05, 0) is 53.7 Å². The molecule has 1 aromatic heterocycles. The van der Waals surface area contributed by atoms with Crippen LogP contribution in [0, 0.1) is 6.92 Å². The molecule has 1 fully saturated rings. The molecular weight excluding hydrogens is 493 g/mol. The van der Waals surface area contributed by atoms with Crippen molar-refractivity contribution in [3.05, 3.63) is 23.7 Å². The van der Waals surface area contributed by atoms with Gasteiger partial charge >= 0.3 is 0 Å². The van der Waals surface area contributed by atoms with Crippen molar-refractivity contribution in [1.29, 1.82) is 0 Å². The number of furan rings is 1. The lowest BCUT2D eigenvalue weighted by Gasteiger charge is -2.32. The molecule has 0 aromatic carbocycles. The summed E-state index contributed by atoms with van der Waals surface area (Å²) in [6.45, 7) is 19.8. The van der Waals surface area contributed by atoms with E-state index in [0.29, 0.717) is 18.6 Å². The summed E-state index contributed by atoms with van der Waals surface area (Å²) in [5.41, 5.74) is 0. The minimum absolute atomic E-state index is 0. The molecule has 8 heteroatoms. The molecule has 0 aliphatic carbocycles. The van der Waals surface area contributed by atoms with E-state index in [9.17, 15) is 0 Å². The van der Waals surface area contributed by atoms with Crippen molar-refractivity contribution in [3.8, 4) is 0 Å². The number of rotatable bonds is 10. The van der Waals surface area contributed by atoms with E-state index >= 15 is 0 Å². The van der Waals surface area contributed by atoms with E-state index < -0.39 is 0 Å². The molecule has 0 bridgehead atoms. The summed E-state index contributed by atoms with van der Waals surface area (Å²) in [7, 11) is 0. The van der Waals surface area contributed by atoms with Crippen molar-refractivity contribution in [2.24, 2.45) is 4.99 Å². The van der Waals surface area contributed by atoms with Gasteiger partial charge in [0.25, 0.3) is 0 Å². The fourth-order valence-electron chi connectivity index (χ4n) is 3.84. The van der Waals surface area contributed by atoms with Crippen molar-refractivity contribution in [2.75, 3.05) is 52.5 Å². The zero-order valence-corrected chi connectivity index (χ0v) is 21.9. The van der Waals surface area contributed by atoms with Gasteiger partial charge in [-0.3, -0.25) is 14.8 Å². The molecule has 30 heavy (non-hydrogen) atoms. The molecule has 0 radical (unpaired) electrons. The zero-order valence-electron chi connectivity index (χ0n) is 19.6. The third-order valence-electron chi connectivity index (χ3n) is 5.33. The highest BCUT2D eigenvalue weighted by molar-refractivity contribution is 14.0. The van der Waals surface area contributed by atoms with Crippen LogP contribution >= 0.6 is 24.0 Å². The Labute approximate surface area is 200 Å². The van der Waals surface area contributed by atoms with Crippen LogP contribution in [0.4, 0.5) is 0 Å². The second kappa shape index (κ2) is 14.3. The van der Waals surface area contributed by atoms with E-state index in [0.717, 1.165) is 63.4 Å². The largest absolute Gasteiger partial charge is 0.465 e. The SMILES string of the molecule is CCNC(=NCC(c1ccc(C)o1)N1CCOCC1)NCCN(C(C)C)C(C)C.I. The average molecular weight is 536 g/mol. The molecule has 1 aliphatic heterocycles. The number of hydrogen-bond acceptors (Lipinski definition) is 5. The first-order valence-electron chi connectivity index (χ1n) is 11.1. The molecule has 1 aliphatic rings. The molecule has 2 rings (SSSR count). The maximum Gasteiger partial charge on any atom is 0.191 e. The van der Waals surface area contributed by atoms with Crippen molar-refractivity contribution >= 4 is 29.9 Å². The molecule has 7 nitrogen and oxygen atoms in total. The highest BCUT2D eigenvalue weighted by Gasteiger charge is 2.25. The Morgan fingerprint density at radius 1 is 1.13 bits per heavy atom. The maximum absolute atomic E-state index is 5.96. The summed E-state index contributed by atoms with van der Waals surface area (Å²) in [6, 6.07) is 5.30. The monoisotopic (exact) mass is 535 g/mol. The van der Waals surface area contributed by atoms with E-state index in [4.69, 9.17) is 14.1 Å². The first kappa shape index (κ1) is 27.2. The first-order chi connectivity index (χ1) is 13.9. The normalized spacial score (nSPS) is 16.8. The Balaban J connectivity index is 0.00000450. The highest BCUT2D eigenvalue weighted by atomic mass is 127. The fourth-order valence-corrected chi connectivity index (χ4v) is 3.84. The summed E-state index contributed by atoms with van der Waals surface area (Å²) in [5.74, 6) is 2.78.